The molecule has 2 amide bonds. The summed E-state index contributed by atoms with van der Waals surface area (Å²) in [5.74, 6) is -1.43. The van der Waals surface area contributed by atoms with Crippen molar-refractivity contribution in [2.45, 2.75) is 37.9 Å². The van der Waals surface area contributed by atoms with Gasteiger partial charge in [0.25, 0.3) is 5.91 Å². The molecule has 4 nitrogen and oxygen atoms in total. The smallest absolute Gasteiger partial charge is 0.347 e. The molecule has 0 aromatic heterocycles. The number of carbonyl (C=O) groups excluding carboxylic acids is 2. The van der Waals surface area contributed by atoms with E-state index in [9.17, 15) is 27.2 Å². The fourth-order valence-electron chi connectivity index (χ4n) is 4.67. The van der Waals surface area contributed by atoms with E-state index in [2.05, 4.69) is 10.6 Å². The lowest BCUT2D eigenvalue weighted by atomic mass is 9.36. The van der Waals surface area contributed by atoms with Crippen LogP contribution in [0, 0.1) is 17.2 Å². The average Bonchev–Trinajstić information content (AvgIpc) is 2.64. The highest BCUT2D eigenvalue weighted by molar-refractivity contribution is 5.96. The van der Waals surface area contributed by atoms with Crippen molar-refractivity contribution in [1.82, 2.24) is 5.32 Å². The molecule has 158 valence electrons. The quantitative estimate of drug-likeness (QED) is 0.685. The molecule has 0 unspecified atom stereocenters. The van der Waals surface area contributed by atoms with Gasteiger partial charge in [0.05, 0.1) is 5.56 Å². The molecule has 0 saturated heterocycles. The van der Waals surface area contributed by atoms with Gasteiger partial charge in [-0.25, -0.2) is 4.39 Å². The predicted molar refractivity (Wildman–Crippen MR) is 102 cm³/mol. The van der Waals surface area contributed by atoms with Gasteiger partial charge in [-0.2, -0.15) is 13.2 Å². The van der Waals surface area contributed by atoms with Gasteiger partial charge in [0.1, 0.15) is 5.82 Å². The molecular formula is C22H20F4N2O2. The molecule has 3 saturated carbocycles. The number of benzene rings is 2. The van der Waals surface area contributed by atoms with Crippen LogP contribution >= 0.6 is 0 Å². The molecule has 2 aromatic rings. The molecule has 8 heteroatoms. The van der Waals surface area contributed by atoms with Gasteiger partial charge < -0.3 is 10.6 Å². The summed E-state index contributed by atoms with van der Waals surface area (Å²) in [6.07, 6.45) is -2.71. The third-order valence-corrected chi connectivity index (χ3v) is 6.33. The number of alkyl halides is 3. The minimum absolute atomic E-state index is 0.0364. The second kappa shape index (κ2) is 6.82. The molecule has 1 atom stereocenters. The van der Waals surface area contributed by atoms with Gasteiger partial charge in [-0.15, -0.1) is 0 Å². The minimum atomic E-state index is -4.51. The van der Waals surface area contributed by atoms with Crippen LogP contribution in [0.2, 0.25) is 0 Å². The Hall–Kier alpha value is -2.90. The summed E-state index contributed by atoms with van der Waals surface area (Å²) >= 11 is 0. The highest BCUT2D eigenvalue weighted by Gasteiger charge is 2.71. The molecule has 2 bridgehead atoms. The predicted octanol–water partition coefficient (Wildman–Crippen LogP) is 4.77. The van der Waals surface area contributed by atoms with Crippen molar-refractivity contribution in [2.75, 3.05) is 5.32 Å². The van der Waals surface area contributed by atoms with Crippen LogP contribution in [-0.2, 0) is 11.0 Å². The van der Waals surface area contributed by atoms with Gasteiger partial charge in [-0.05, 0) is 67.1 Å². The maximum atomic E-state index is 13.0. The van der Waals surface area contributed by atoms with Gasteiger partial charge in [0.2, 0.25) is 5.91 Å². The maximum Gasteiger partial charge on any atom is 0.416 e. The van der Waals surface area contributed by atoms with Crippen LogP contribution in [-0.4, -0.2) is 17.4 Å². The normalized spacial score (nSPS) is 25.5. The topological polar surface area (TPSA) is 58.2 Å². The van der Waals surface area contributed by atoms with Gasteiger partial charge in [0, 0.05) is 22.7 Å². The fraction of sp³-hybridized carbons (Fsp3) is 0.364. The molecular weight excluding hydrogens is 400 g/mol. The minimum Gasteiger partial charge on any atom is -0.347 e. The first-order valence-corrected chi connectivity index (χ1v) is 9.58. The average molecular weight is 420 g/mol. The highest BCUT2D eigenvalue weighted by atomic mass is 19.4. The summed E-state index contributed by atoms with van der Waals surface area (Å²) in [7, 11) is 0. The van der Waals surface area contributed by atoms with Crippen molar-refractivity contribution >= 4 is 17.5 Å². The zero-order valence-electron chi connectivity index (χ0n) is 16.1. The summed E-state index contributed by atoms with van der Waals surface area (Å²) in [4.78, 5) is 25.0. The third kappa shape index (κ3) is 3.55. The van der Waals surface area contributed by atoms with Crippen molar-refractivity contribution in [3.8, 4) is 0 Å². The first-order chi connectivity index (χ1) is 14.0. The number of hydrogen-bond acceptors (Lipinski definition) is 2. The Bertz CT molecular complexity index is 981. The summed E-state index contributed by atoms with van der Waals surface area (Å²) in [5.41, 5.74) is -1.09. The van der Waals surface area contributed by atoms with Gasteiger partial charge in [0.15, 0.2) is 0 Å². The lowest BCUT2D eigenvalue weighted by molar-refractivity contribution is -0.184. The van der Waals surface area contributed by atoms with Crippen LogP contribution < -0.4 is 10.6 Å². The first kappa shape index (κ1) is 20.4. The summed E-state index contributed by atoms with van der Waals surface area (Å²) < 4.78 is 51.6. The number of nitrogens with one attached hydrogen (secondary N) is 2. The van der Waals surface area contributed by atoms with Gasteiger partial charge in [-0.3, -0.25) is 9.59 Å². The second-order valence-electron chi connectivity index (χ2n) is 8.42. The molecule has 0 radical (unpaired) electrons. The van der Waals surface area contributed by atoms with Crippen LogP contribution in [0.5, 0.6) is 0 Å². The molecule has 0 aliphatic heterocycles. The van der Waals surface area contributed by atoms with Crippen LogP contribution in [0.4, 0.5) is 23.2 Å². The van der Waals surface area contributed by atoms with Crippen LogP contribution in [0.1, 0.15) is 42.1 Å². The molecule has 3 fully saturated rings. The van der Waals surface area contributed by atoms with Crippen LogP contribution in [0.25, 0.3) is 0 Å². The maximum absolute atomic E-state index is 13.0. The molecule has 30 heavy (non-hydrogen) atoms. The lowest BCUT2D eigenvalue weighted by Crippen LogP contribution is -2.77. The number of halogens is 4. The Morgan fingerprint density at radius 3 is 2.27 bits per heavy atom. The van der Waals surface area contributed by atoms with Crippen molar-refractivity contribution in [3.05, 3.63) is 65.5 Å². The van der Waals surface area contributed by atoms with Crippen LogP contribution in [0.15, 0.2) is 48.5 Å². The number of rotatable bonds is 5. The number of amides is 2. The van der Waals surface area contributed by atoms with E-state index >= 15 is 0 Å². The number of anilines is 1. The number of carbonyl (C=O) groups is 2. The zero-order chi connectivity index (χ0) is 21.7. The van der Waals surface area contributed by atoms with Crippen molar-refractivity contribution in [2.24, 2.45) is 11.3 Å². The Morgan fingerprint density at radius 1 is 1.03 bits per heavy atom. The third-order valence-electron chi connectivity index (χ3n) is 6.33. The molecule has 5 rings (SSSR count). The van der Waals surface area contributed by atoms with E-state index in [1.807, 2.05) is 6.92 Å². The molecule has 3 aliphatic rings. The zero-order valence-corrected chi connectivity index (χ0v) is 16.1. The standard InChI is InChI=1S/C22H20F4N2O2/c1-13(18(29)27-17-7-5-16(23)6-8-17)20-10-21(11-20,12-20)28-19(30)14-3-2-4-15(9-14)22(24,25)26/h2-9,13H,10-12H2,1H3,(H,27,29)(H,28,30)/t13-,20?,21?/m1/s1. The lowest BCUT2D eigenvalue weighted by Gasteiger charge is -2.72. The van der Waals surface area contributed by atoms with E-state index < -0.39 is 23.2 Å². The summed E-state index contributed by atoms with van der Waals surface area (Å²) in [5, 5.41) is 5.62. The van der Waals surface area contributed by atoms with E-state index in [1.54, 1.807) is 0 Å². The van der Waals surface area contributed by atoms with Gasteiger partial charge >= 0.3 is 6.18 Å². The Balaban J connectivity index is 1.34. The van der Waals surface area contributed by atoms with Crippen LogP contribution in [0.3, 0.4) is 0 Å². The monoisotopic (exact) mass is 420 g/mol. The van der Waals surface area contributed by atoms with Crippen molar-refractivity contribution < 1.29 is 27.2 Å². The Labute approximate surface area is 170 Å². The molecule has 0 heterocycles. The van der Waals surface area contributed by atoms with E-state index in [0.29, 0.717) is 24.9 Å². The molecule has 2 N–H and O–H groups in total. The van der Waals surface area contributed by atoms with E-state index in [1.165, 1.54) is 36.4 Å². The van der Waals surface area contributed by atoms with Gasteiger partial charge in [-0.1, -0.05) is 13.0 Å². The SMILES string of the molecule is C[C@H](C(=O)Nc1ccc(F)cc1)C12CC(NC(=O)c3cccc(C(F)(F)F)c3)(C1)C2. The van der Waals surface area contributed by atoms with E-state index in [0.717, 1.165) is 12.1 Å². The van der Waals surface area contributed by atoms with E-state index in [4.69, 9.17) is 0 Å². The largest absolute Gasteiger partial charge is 0.416 e. The Kier molecular flexibility index (Phi) is 4.63. The molecule has 0 spiro atoms. The first-order valence-electron chi connectivity index (χ1n) is 9.58. The fourth-order valence-corrected chi connectivity index (χ4v) is 4.67. The number of hydrogen-bond donors (Lipinski definition) is 2. The highest BCUT2D eigenvalue weighted by Crippen LogP contribution is 2.70. The molecule has 2 aromatic carbocycles. The van der Waals surface area contributed by atoms with Crippen molar-refractivity contribution in [3.63, 3.8) is 0 Å². The van der Waals surface area contributed by atoms with E-state index in [-0.39, 0.29) is 28.6 Å². The summed E-state index contributed by atoms with van der Waals surface area (Å²) in [6, 6.07) is 9.83. The second-order valence-corrected chi connectivity index (χ2v) is 8.42. The van der Waals surface area contributed by atoms with Crippen molar-refractivity contribution in [1.29, 1.82) is 0 Å². The Morgan fingerprint density at radius 2 is 1.67 bits per heavy atom. The summed E-state index contributed by atoms with van der Waals surface area (Å²) in [6.45, 7) is 1.82. The molecule has 3 aliphatic carbocycles.